The monoisotopic (exact) mass is 405 g/mol. The van der Waals surface area contributed by atoms with Crippen molar-refractivity contribution in [1.82, 2.24) is 4.98 Å². The summed E-state index contributed by atoms with van der Waals surface area (Å²) in [6.07, 6.45) is 1.70. The number of Topliss-reactive ketones (excluding diaryl/α,β-unsaturated/α-hetero) is 1. The molecule has 0 saturated heterocycles. The van der Waals surface area contributed by atoms with Crippen LogP contribution >= 0.6 is 35.0 Å². The highest BCUT2D eigenvalue weighted by Gasteiger charge is 2.22. The number of halogens is 3. The highest BCUT2D eigenvalue weighted by molar-refractivity contribution is 8.00. The van der Waals surface area contributed by atoms with E-state index in [0.29, 0.717) is 15.7 Å². The summed E-state index contributed by atoms with van der Waals surface area (Å²) in [6, 6.07) is 16.7. The second-order valence-electron chi connectivity index (χ2n) is 5.61. The Morgan fingerprint density at radius 3 is 2.23 bits per heavy atom. The molecule has 0 aliphatic carbocycles. The molecule has 26 heavy (non-hydrogen) atoms. The van der Waals surface area contributed by atoms with E-state index in [2.05, 4.69) is 4.98 Å². The molecule has 0 N–H and O–H groups in total. The van der Waals surface area contributed by atoms with E-state index >= 15 is 0 Å². The summed E-state index contributed by atoms with van der Waals surface area (Å²) in [5.41, 5.74) is 1.49. The Morgan fingerprint density at radius 2 is 1.62 bits per heavy atom. The van der Waals surface area contributed by atoms with Crippen LogP contribution in [-0.2, 0) is 11.2 Å². The van der Waals surface area contributed by atoms with E-state index in [9.17, 15) is 9.18 Å². The van der Waals surface area contributed by atoms with Gasteiger partial charge in [0, 0.05) is 21.8 Å². The molecular formula is C20H14Cl2FNOS. The second kappa shape index (κ2) is 8.67. The van der Waals surface area contributed by atoms with Crippen molar-refractivity contribution in [2.75, 3.05) is 0 Å². The van der Waals surface area contributed by atoms with Crippen LogP contribution in [0.15, 0.2) is 71.8 Å². The van der Waals surface area contributed by atoms with Crippen LogP contribution in [-0.4, -0.2) is 10.8 Å². The van der Waals surface area contributed by atoms with Crippen LogP contribution in [0, 0.1) is 5.82 Å². The Hall–Kier alpha value is -1.88. The summed E-state index contributed by atoms with van der Waals surface area (Å²) in [5, 5.41) is 0.678. The van der Waals surface area contributed by atoms with Crippen molar-refractivity contribution in [3.63, 3.8) is 0 Å². The van der Waals surface area contributed by atoms with Crippen LogP contribution in [0.2, 0.25) is 10.0 Å². The largest absolute Gasteiger partial charge is 0.298 e. The van der Waals surface area contributed by atoms with Crippen LogP contribution in [0.25, 0.3) is 0 Å². The van der Waals surface area contributed by atoms with Crippen molar-refractivity contribution < 1.29 is 9.18 Å². The number of hydrogen-bond donors (Lipinski definition) is 0. The number of carbonyl (C=O) groups excluding carboxylic acids is 1. The fourth-order valence-corrected chi connectivity index (χ4v) is 3.70. The molecule has 0 radical (unpaired) electrons. The summed E-state index contributed by atoms with van der Waals surface area (Å²) in [7, 11) is 0. The first-order valence-electron chi connectivity index (χ1n) is 7.82. The van der Waals surface area contributed by atoms with Crippen molar-refractivity contribution in [2.45, 2.75) is 16.6 Å². The van der Waals surface area contributed by atoms with Gasteiger partial charge in [0.25, 0.3) is 0 Å². The van der Waals surface area contributed by atoms with Crippen LogP contribution in [0.1, 0.15) is 16.5 Å². The zero-order valence-corrected chi connectivity index (χ0v) is 15.9. The number of hydrogen-bond acceptors (Lipinski definition) is 3. The van der Waals surface area contributed by atoms with Crippen LogP contribution in [0.4, 0.5) is 4.39 Å². The average Bonchev–Trinajstić information content (AvgIpc) is 2.64. The summed E-state index contributed by atoms with van der Waals surface area (Å²) in [6.45, 7) is 0. The predicted molar refractivity (Wildman–Crippen MR) is 104 cm³/mol. The molecule has 0 amide bonds. The third kappa shape index (κ3) is 5.07. The minimum absolute atomic E-state index is 0.00327. The molecule has 0 aliphatic rings. The minimum atomic E-state index is -0.449. The first kappa shape index (κ1) is 18.9. The van der Waals surface area contributed by atoms with Gasteiger partial charge in [0.1, 0.15) is 5.82 Å². The molecule has 3 aromatic rings. The second-order valence-corrected chi connectivity index (χ2v) is 7.67. The van der Waals surface area contributed by atoms with Gasteiger partial charge in [-0.3, -0.25) is 9.78 Å². The van der Waals surface area contributed by atoms with Crippen LogP contribution in [0.3, 0.4) is 0 Å². The Bertz CT molecular complexity index is 883. The molecule has 0 fully saturated rings. The highest BCUT2D eigenvalue weighted by Crippen LogP contribution is 2.37. The lowest BCUT2D eigenvalue weighted by Crippen LogP contribution is -2.13. The van der Waals surface area contributed by atoms with Crippen LogP contribution in [0.5, 0.6) is 0 Å². The molecule has 1 aromatic heterocycles. The molecule has 6 heteroatoms. The van der Waals surface area contributed by atoms with Gasteiger partial charge in [0.15, 0.2) is 5.78 Å². The van der Waals surface area contributed by atoms with Crippen LogP contribution < -0.4 is 0 Å². The normalized spacial score (nSPS) is 12.0. The first-order valence-corrected chi connectivity index (χ1v) is 9.45. The predicted octanol–water partition coefficient (Wildman–Crippen LogP) is 6.17. The number of rotatable bonds is 6. The number of carbonyl (C=O) groups is 1. The minimum Gasteiger partial charge on any atom is -0.298 e. The van der Waals surface area contributed by atoms with Crippen molar-refractivity contribution in [1.29, 1.82) is 0 Å². The summed E-state index contributed by atoms with van der Waals surface area (Å²) in [5.74, 6) is -0.314. The van der Waals surface area contributed by atoms with Gasteiger partial charge < -0.3 is 0 Å². The van der Waals surface area contributed by atoms with E-state index in [4.69, 9.17) is 23.2 Å². The van der Waals surface area contributed by atoms with Crippen molar-refractivity contribution >= 4 is 40.7 Å². The number of aromatic nitrogens is 1. The molecule has 132 valence electrons. The van der Waals surface area contributed by atoms with Crippen molar-refractivity contribution in [2.24, 2.45) is 0 Å². The molecule has 1 heterocycles. The molecule has 2 aromatic carbocycles. The Balaban J connectivity index is 1.85. The maximum Gasteiger partial charge on any atom is 0.156 e. The lowest BCUT2D eigenvalue weighted by Gasteiger charge is -2.16. The zero-order chi connectivity index (χ0) is 18.5. The quantitative estimate of drug-likeness (QED) is 0.459. The van der Waals surface area contributed by atoms with Gasteiger partial charge in [-0.05, 0) is 54.1 Å². The average molecular weight is 406 g/mol. The summed E-state index contributed by atoms with van der Waals surface area (Å²) >= 11 is 13.2. The van der Waals surface area contributed by atoms with Gasteiger partial charge in [-0.1, -0.05) is 35.3 Å². The maximum absolute atomic E-state index is 13.2. The van der Waals surface area contributed by atoms with E-state index < -0.39 is 5.25 Å². The molecule has 1 atom stereocenters. The standard InChI is InChI=1S/C20H14Cl2FNOS/c21-14-3-1-13(2-4-14)20(26-18-9-6-16(23)7-10-18)19(25)11-17-8-5-15(22)12-24-17/h1-10,12,20H,11H2. The van der Waals surface area contributed by atoms with E-state index in [0.717, 1.165) is 10.5 Å². The lowest BCUT2D eigenvalue weighted by atomic mass is 10.0. The molecular weight excluding hydrogens is 392 g/mol. The third-order valence-corrected chi connectivity index (χ3v) is 5.47. The molecule has 0 aliphatic heterocycles. The lowest BCUT2D eigenvalue weighted by molar-refractivity contribution is -0.118. The topological polar surface area (TPSA) is 30.0 Å². The van der Waals surface area contributed by atoms with E-state index in [1.165, 1.54) is 30.1 Å². The van der Waals surface area contributed by atoms with E-state index in [-0.39, 0.29) is 18.0 Å². The van der Waals surface area contributed by atoms with Crippen molar-refractivity contribution in [3.8, 4) is 0 Å². The third-order valence-electron chi connectivity index (χ3n) is 3.68. The number of ketones is 1. The van der Waals surface area contributed by atoms with Crippen molar-refractivity contribution in [3.05, 3.63) is 94.0 Å². The van der Waals surface area contributed by atoms with Gasteiger partial charge in [0.2, 0.25) is 0 Å². The Labute approximate surface area is 165 Å². The van der Waals surface area contributed by atoms with E-state index in [1.807, 2.05) is 12.1 Å². The number of benzene rings is 2. The molecule has 2 nitrogen and oxygen atoms in total. The molecule has 1 unspecified atom stereocenters. The fourth-order valence-electron chi connectivity index (χ4n) is 2.39. The molecule has 0 saturated carbocycles. The number of thioether (sulfide) groups is 1. The smallest absolute Gasteiger partial charge is 0.156 e. The Kier molecular flexibility index (Phi) is 6.30. The first-order chi connectivity index (χ1) is 12.5. The number of nitrogens with zero attached hydrogens (tertiary/aromatic N) is 1. The summed E-state index contributed by atoms with van der Waals surface area (Å²) < 4.78 is 13.2. The molecule has 0 bridgehead atoms. The van der Waals surface area contributed by atoms with Gasteiger partial charge in [-0.2, -0.15) is 0 Å². The van der Waals surface area contributed by atoms with Gasteiger partial charge in [-0.15, -0.1) is 11.8 Å². The summed E-state index contributed by atoms with van der Waals surface area (Å²) in [4.78, 5) is 18.0. The fraction of sp³-hybridized carbons (Fsp3) is 0.100. The van der Waals surface area contributed by atoms with E-state index in [1.54, 1.807) is 36.4 Å². The van der Waals surface area contributed by atoms with Gasteiger partial charge >= 0.3 is 0 Å². The zero-order valence-electron chi connectivity index (χ0n) is 13.5. The highest BCUT2D eigenvalue weighted by atomic mass is 35.5. The maximum atomic E-state index is 13.2. The molecule has 3 rings (SSSR count). The Morgan fingerprint density at radius 1 is 0.962 bits per heavy atom. The molecule has 0 spiro atoms. The van der Waals surface area contributed by atoms with Gasteiger partial charge in [0.05, 0.1) is 16.7 Å². The number of pyridine rings is 1. The SMILES string of the molecule is O=C(Cc1ccc(Cl)cn1)C(Sc1ccc(F)cc1)c1ccc(Cl)cc1. The van der Waals surface area contributed by atoms with Gasteiger partial charge in [-0.25, -0.2) is 4.39 Å².